The summed E-state index contributed by atoms with van der Waals surface area (Å²) in [4.78, 5) is 12.9. The Kier molecular flexibility index (Phi) is 7.98. The second-order valence-corrected chi connectivity index (χ2v) is 12.3. The van der Waals surface area contributed by atoms with Crippen molar-refractivity contribution in [1.29, 1.82) is 0 Å². The van der Waals surface area contributed by atoms with Crippen LogP contribution < -0.4 is 14.8 Å². The fraction of sp³-hybridized carbons (Fsp3) is 0.0385. The van der Waals surface area contributed by atoms with E-state index in [9.17, 15) is 21.6 Å². The third-order valence-corrected chi connectivity index (χ3v) is 8.89. The summed E-state index contributed by atoms with van der Waals surface area (Å²) in [7, 11) is -7.77. The van der Waals surface area contributed by atoms with Gasteiger partial charge in [-0.1, -0.05) is 47.5 Å². The lowest BCUT2D eigenvalue weighted by atomic mass is 10.2. The van der Waals surface area contributed by atoms with E-state index in [0.29, 0.717) is 16.4 Å². The third kappa shape index (κ3) is 6.46. The lowest BCUT2D eigenvalue weighted by molar-refractivity contribution is 0.102. The van der Waals surface area contributed by atoms with Crippen LogP contribution in [0, 0.1) is 6.92 Å². The normalized spacial score (nSPS) is 11.6. The number of hydrogen-bond acceptors (Lipinski definition) is 5. The number of aryl methyl sites for hydroxylation is 1. The molecule has 0 radical (unpaired) electrons. The van der Waals surface area contributed by atoms with E-state index >= 15 is 0 Å². The largest absolute Gasteiger partial charge is 0.322 e. The maximum absolute atomic E-state index is 12.9. The molecule has 196 valence electrons. The van der Waals surface area contributed by atoms with Crippen LogP contribution in [0.1, 0.15) is 15.9 Å². The fourth-order valence-corrected chi connectivity index (χ4v) is 5.87. The van der Waals surface area contributed by atoms with Crippen molar-refractivity contribution in [2.24, 2.45) is 0 Å². The first-order valence-electron chi connectivity index (χ1n) is 11.0. The summed E-state index contributed by atoms with van der Waals surface area (Å²) in [6.07, 6.45) is 0. The first-order chi connectivity index (χ1) is 17.9. The van der Waals surface area contributed by atoms with Gasteiger partial charge < -0.3 is 5.32 Å². The topological polar surface area (TPSA) is 121 Å². The second kappa shape index (κ2) is 11.0. The highest BCUT2D eigenvalue weighted by Gasteiger charge is 2.18. The Morgan fingerprint density at radius 1 is 0.632 bits per heavy atom. The van der Waals surface area contributed by atoms with Crippen LogP contribution >= 0.6 is 23.2 Å². The summed E-state index contributed by atoms with van der Waals surface area (Å²) in [5.74, 6) is -0.612. The Balaban J connectivity index is 1.48. The molecule has 0 unspecified atom stereocenters. The maximum atomic E-state index is 12.9. The van der Waals surface area contributed by atoms with Gasteiger partial charge in [0.05, 0.1) is 26.1 Å². The van der Waals surface area contributed by atoms with E-state index in [1.165, 1.54) is 60.7 Å². The monoisotopic (exact) mass is 589 g/mol. The minimum atomic E-state index is -3.90. The first-order valence-corrected chi connectivity index (χ1v) is 14.7. The average molecular weight is 591 g/mol. The van der Waals surface area contributed by atoms with E-state index in [1.54, 1.807) is 37.3 Å². The van der Waals surface area contributed by atoms with Crippen molar-refractivity contribution in [3.8, 4) is 0 Å². The molecular formula is C26H21Cl2N3O5S2. The Morgan fingerprint density at radius 2 is 1.16 bits per heavy atom. The highest BCUT2D eigenvalue weighted by molar-refractivity contribution is 7.93. The van der Waals surface area contributed by atoms with Crippen molar-refractivity contribution < 1.29 is 21.6 Å². The number of benzene rings is 4. The molecule has 0 aliphatic carbocycles. The molecule has 0 saturated carbocycles. The van der Waals surface area contributed by atoms with Gasteiger partial charge in [-0.25, -0.2) is 16.8 Å². The zero-order valence-electron chi connectivity index (χ0n) is 19.8. The van der Waals surface area contributed by atoms with Crippen molar-refractivity contribution in [3.05, 3.63) is 112 Å². The first kappa shape index (κ1) is 27.5. The van der Waals surface area contributed by atoms with Gasteiger partial charge in [-0.15, -0.1) is 0 Å². The molecular weight excluding hydrogens is 569 g/mol. The van der Waals surface area contributed by atoms with E-state index in [-0.39, 0.29) is 26.1 Å². The standard InChI is InChI=1S/C26H21Cl2N3O5S2/c1-17-7-8-20(16-25(17)28)31-38(35,36)22-12-9-18(10-13-22)29-26(32)23-15-19(11-14-24(23)27)30-37(33,34)21-5-3-2-4-6-21/h2-16,30-31H,1H3,(H,29,32). The van der Waals surface area contributed by atoms with Gasteiger partial charge in [-0.05, 0) is 79.2 Å². The van der Waals surface area contributed by atoms with E-state index in [2.05, 4.69) is 14.8 Å². The van der Waals surface area contributed by atoms with Crippen LogP contribution in [-0.4, -0.2) is 22.7 Å². The van der Waals surface area contributed by atoms with Gasteiger partial charge in [-0.3, -0.25) is 14.2 Å². The molecule has 0 atom stereocenters. The molecule has 4 rings (SSSR count). The summed E-state index contributed by atoms with van der Waals surface area (Å²) in [5, 5.41) is 3.16. The van der Waals surface area contributed by atoms with Gasteiger partial charge in [0.25, 0.3) is 26.0 Å². The van der Waals surface area contributed by atoms with E-state index in [1.807, 2.05) is 0 Å². The fourth-order valence-electron chi connectivity index (χ4n) is 3.36. The van der Waals surface area contributed by atoms with Crippen LogP contribution in [0.25, 0.3) is 0 Å². The minimum Gasteiger partial charge on any atom is -0.322 e. The summed E-state index contributed by atoms with van der Waals surface area (Å²) in [6.45, 7) is 1.81. The number of amides is 1. The molecule has 0 aliphatic heterocycles. The molecule has 4 aromatic rings. The minimum absolute atomic E-state index is 0.0227. The molecule has 8 nitrogen and oxygen atoms in total. The SMILES string of the molecule is Cc1ccc(NS(=O)(=O)c2ccc(NC(=O)c3cc(NS(=O)(=O)c4ccccc4)ccc3Cl)cc2)cc1Cl. The molecule has 1 amide bonds. The van der Waals surface area contributed by atoms with E-state index in [0.717, 1.165) is 5.56 Å². The second-order valence-electron chi connectivity index (χ2n) is 8.16. The van der Waals surface area contributed by atoms with Crippen LogP contribution in [0.4, 0.5) is 17.1 Å². The molecule has 0 aliphatic rings. The quantitative estimate of drug-likeness (QED) is 0.227. The number of carbonyl (C=O) groups excluding carboxylic acids is 1. The maximum Gasteiger partial charge on any atom is 0.261 e. The van der Waals surface area contributed by atoms with Crippen molar-refractivity contribution in [1.82, 2.24) is 0 Å². The molecule has 12 heteroatoms. The summed E-state index contributed by atoms with van der Waals surface area (Å²) in [5.41, 5.74) is 1.60. The van der Waals surface area contributed by atoms with Crippen LogP contribution in [-0.2, 0) is 20.0 Å². The van der Waals surface area contributed by atoms with Crippen LogP contribution in [0.15, 0.2) is 101 Å². The smallest absolute Gasteiger partial charge is 0.261 e. The number of hydrogen-bond donors (Lipinski definition) is 3. The van der Waals surface area contributed by atoms with Gasteiger partial charge in [0.2, 0.25) is 0 Å². The van der Waals surface area contributed by atoms with Gasteiger partial charge in [0.15, 0.2) is 0 Å². The van der Waals surface area contributed by atoms with Gasteiger partial charge in [-0.2, -0.15) is 0 Å². The Hall–Kier alpha value is -3.57. The molecule has 3 N–H and O–H groups in total. The van der Waals surface area contributed by atoms with Crippen molar-refractivity contribution in [3.63, 3.8) is 0 Å². The average Bonchev–Trinajstić information content (AvgIpc) is 2.88. The number of carbonyl (C=O) groups is 1. The predicted molar refractivity (Wildman–Crippen MR) is 150 cm³/mol. The highest BCUT2D eigenvalue weighted by Crippen LogP contribution is 2.26. The molecule has 0 bridgehead atoms. The van der Waals surface area contributed by atoms with Crippen LogP contribution in [0.5, 0.6) is 0 Å². The number of rotatable bonds is 8. The highest BCUT2D eigenvalue weighted by atomic mass is 35.5. The predicted octanol–water partition coefficient (Wildman–Crippen LogP) is 6.16. The number of halogens is 2. The number of anilines is 3. The van der Waals surface area contributed by atoms with Crippen molar-refractivity contribution >= 4 is 66.2 Å². The summed E-state index contributed by atoms with van der Waals surface area (Å²) < 4.78 is 55.6. The van der Waals surface area contributed by atoms with Crippen LogP contribution in [0.2, 0.25) is 10.0 Å². The molecule has 38 heavy (non-hydrogen) atoms. The Labute approximate surface area is 230 Å². The third-order valence-electron chi connectivity index (χ3n) is 5.36. The van der Waals surface area contributed by atoms with Gasteiger partial charge in [0.1, 0.15) is 0 Å². The number of sulfonamides is 2. The Bertz CT molecular complexity index is 1710. The molecule has 0 heterocycles. The lowest BCUT2D eigenvalue weighted by Gasteiger charge is -2.12. The summed E-state index contributed by atoms with van der Waals surface area (Å²) >= 11 is 12.3. The Morgan fingerprint density at radius 3 is 1.76 bits per heavy atom. The van der Waals surface area contributed by atoms with Gasteiger partial charge >= 0.3 is 0 Å². The molecule has 0 saturated heterocycles. The zero-order valence-corrected chi connectivity index (χ0v) is 22.9. The van der Waals surface area contributed by atoms with E-state index in [4.69, 9.17) is 23.2 Å². The zero-order chi connectivity index (χ0) is 27.5. The summed E-state index contributed by atoms with van der Waals surface area (Å²) in [6, 6.07) is 22.3. The van der Waals surface area contributed by atoms with E-state index < -0.39 is 26.0 Å². The molecule has 0 spiro atoms. The van der Waals surface area contributed by atoms with Crippen molar-refractivity contribution in [2.75, 3.05) is 14.8 Å². The number of nitrogens with one attached hydrogen (secondary N) is 3. The molecule has 0 fully saturated rings. The van der Waals surface area contributed by atoms with Crippen molar-refractivity contribution in [2.45, 2.75) is 16.7 Å². The molecule has 4 aromatic carbocycles. The lowest BCUT2D eigenvalue weighted by Crippen LogP contribution is -2.16. The van der Waals surface area contributed by atoms with Gasteiger partial charge in [0, 0.05) is 16.4 Å². The van der Waals surface area contributed by atoms with Crippen LogP contribution in [0.3, 0.4) is 0 Å². The molecule has 0 aromatic heterocycles.